The Balaban J connectivity index is 2.83. The number of aliphatic hydroxyl groups excluding tert-OH is 2. The SMILES string of the molecule is COc1ccc(O)c(C(C)NC(CO)CO)c1. The van der Waals surface area contributed by atoms with E-state index in [0.29, 0.717) is 11.3 Å². The second-order valence-electron chi connectivity index (χ2n) is 3.88. The number of hydrogen-bond acceptors (Lipinski definition) is 5. The summed E-state index contributed by atoms with van der Waals surface area (Å²) in [7, 11) is 1.55. The van der Waals surface area contributed by atoms with Gasteiger partial charge in [0.05, 0.1) is 26.4 Å². The van der Waals surface area contributed by atoms with Crippen molar-refractivity contribution in [1.82, 2.24) is 5.32 Å². The number of nitrogens with one attached hydrogen (secondary N) is 1. The Labute approximate surface area is 101 Å². The Morgan fingerprint density at radius 3 is 2.47 bits per heavy atom. The second-order valence-corrected chi connectivity index (χ2v) is 3.88. The molecular formula is C12H19NO4. The summed E-state index contributed by atoms with van der Waals surface area (Å²) < 4.78 is 5.08. The molecule has 0 radical (unpaired) electrons. The molecule has 5 nitrogen and oxygen atoms in total. The van der Waals surface area contributed by atoms with E-state index in [1.807, 2.05) is 6.92 Å². The Bertz CT molecular complexity index is 352. The second kappa shape index (κ2) is 6.44. The minimum Gasteiger partial charge on any atom is -0.508 e. The molecule has 0 amide bonds. The number of rotatable bonds is 6. The van der Waals surface area contributed by atoms with Gasteiger partial charge in [0.15, 0.2) is 0 Å². The van der Waals surface area contributed by atoms with Gasteiger partial charge in [0.2, 0.25) is 0 Å². The fraction of sp³-hybridized carbons (Fsp3) is 0.500. The van der Waals surface area contributed by atoms with Gasteiger partial charge in [0, 0.05) is 11.6 Å². The van der Waals surface area contributed by atoms with Crippen LogP contribution in [0.15, 0.2) is 18.2 Å². The molecule has 1 rings (SSSR count). The van der Waals surface area contributed by atoms with Crippen LogP contribution in [0.1, 0.15) is 18.5 Å². The summed E-state index contributed by atoms with van der Waals surface area (Å²) in [4.78, 5) is 0. The lowest BCUT2D eigenvalue weighted by Crippen LogP contribution is -2.37. The normalized spacial score (nSPS) is 12.8. The molecule has 0 aliphatic carbocycles. The number of methoxy groups -OCH3 is 1. The number of phenols is 1. The monoisotopic (exact) mass is 241 g/mol. The summed E-state index contributed by atoms with van der Waals surface area (Å²) in [5.41, 5.74) is 0.663. The van der Waals surface area contributed by atoms with E-state index in [9.17, 15) is 5.11 Å². The highest BCUT2D eigenvalue weighted by Crippen LogP contribution is 2.28. The van der Waals surface area contributed by atoms with Crippen LogP contribution in [0.5, 0.6) is 11.5 Å². The van der Waals surface area contributed by atoms with Gasteiger partial charge >= 0.3 is 0 Å². The van der Waals surface area contributed by atoms with Gasteiger partial charge in [-0.15, -0.1) is 0 Å². The van der Waals surface area contributed by atoms with Crippen LogP contribution in [0.3, 0.4) is 0 Å². The largest absolute Gasteiger partial charge is 0.508 e. The van der Waals surface area contributed by atoms with E-state index < -0.39 is 6.04 Å². The lowest BCUT2D eigenvalue weighted by Gasteiger charge is -2.21. The van der Waals surface area contributed by atoms with Crippen LogP contribution in [0.2, 0.25) is 0 Å². The van der Waals surface area contributed by atoms with E-state index in [1.54, 1.807) is 25.3 Å². The number of aliphatic hydroxyl groups is 2. The van der Waals surface area contributed by atoms with Crippen molar-refractivity contribution in [3.05, 3.63) is 23.8 Å². The average Bonchev–Trinajstić information content (AvgIpc) is 2.36. The molecule has 0 bridgehead atoms. The first-order chi connectivity index (χ1) is 8.12. The summed E-state index contributed by atoms with van der Waals surface area (Å²) in [5.74, 6) is 0.802. The first kappa shape index (κ1) is 13.8. The fourth-order valence-corrected chi connectivity index (χ4v) is 1.61. The van der Waals surface area contributed by atoms with Crippen LogP contribution < -0.4 is 10.1 Å². The Kier molecular flexibility index (Phi) is 5.21. The van der Waals surface area contributed by atoms with Crippen LogP contribution >= 0.6 is 0 Å². The summed E-state index contributed by atoms with van der Waals surface area (Å²) >= 11 is 0. The predicted octanol–water partition coefficient (Wildman–Crippen LogP) is 0.405. The highest BCUT2D eigenvalue weighted by atomic mass is 16.5. The smallest absolute Gasteiger partial charge is 0.120 e. The molecule has 0 spiro atoms. The van der Waals surface area contributed by atoms with Crippen LogP contribution in [-0.2, 0) is 0 Å². The van der Waals surface area contributed by atoms with Crippen molar-refractivity contribution >= 4 is 0 Å². The molecule has 0 saturated carbocycles. The molecule has 0 aliphatic heterocycles. The van der Waals surface area contributed by atoms with E-state index in [1.165, 1.54) is 0 Å². The van der Waals surface area contributed by atoms with Crippen molar-refractivity contribution in [3.63, 3.8) is 0 Å². The molecule has 1 atom stereocenters. The maximum atomic E-state index is 9.74. The van der Waals surface area contributed by atoms with E-state index >= 15 is 0 Å². The molecule has 17 heavy (non-hydrogen) atoms. The van der Waals surface area contributed by atoms with Crippen molar-refractivity contribution in [2.45, 2.75) is 19.0 Å². The van der Waals surface area contributed by atoms with Crippen molar-refractivity contribution in [2.24, 2.45) is 0 Å². The third kappa shape index (κ3) is 3.59. The van der Waals surface area contributed by atoms with Crippen molar-refractivity contribution in [3.8, 4) is 11.5 Å². The molecule has 0 aliphatic rings. The first-order valence-corrected chi connectivity index (χ1v) is 5.47. The van der Waals surface area contributed by atoms with Gasteiger partial charge in [0.1, 0.15) is 11.5 Å². The fourth-order valence-electron chi connectivity index (χ4n) is 1.61. The van der Waals surface area contributed by atoms with Gasteiger partial charge in [-0.1, -0.05) is 0 Å². The van der Waals surface area contributed by atoms with Crippen LogP contribution in [0.25, 0.3) is 0 Å². The maximum absolute atomic E-state index is 9.74. The molecule has 4 N–H and O–H groups in total. The number of aromatic hydroxyl groups is 1. The average molecular weight is 241 g/mol. The van der Waals surface area contributed by atoms with Crippen molar-refractivity contribution < 1.29 is 20.1 Å². The first-order valence-electron chi connectivity index (χ1n) is 5.47. The minimum absolute atomic E-state index is 0.153. The highest BCUT2D eigenvalue weighted by molar-refractivity contribution is 5.41. The molecular weight excluding hydrogens is 222 g/mol. The standard InChI is InChI=1S/C12H19NO4/c1-8(13-9(6-14)7-15)11-5-10(17-2)3-4-12(11)16/h3-5,8-9,13-16H,6-7H2,1-2H3. The molecule has 0 fully saturated rings. The van der Waals surface area contributed by atoms with Gasteiger partial charge in [-0.25, -0.2) is 0 Å². The minimum atomic E-state index is -0.407. The van der Waals surface area contributed by atoms with Gasteiger partial charge in [-0.05, 0) is 25.1 Å². The molecule has 1 aromatic rings. The van der Waals surface area contributed by atoms with Crippen molar-refractivity contribution in [1.29, 1.82) is 0 Å². The number of benzene rings is 1. The third-order valence-electron chi connectivity index (χ3n) is 2.63. The number of phenolic OH excluding ortho intramolecular Hbond substituents is 1. The molecule has 96 valence electrons. The van der Waals surface area contributed by atoms with Gasteiger partial charge in [-0.2, -0.15) is 0 Å². The van der Waals surface area contributed by atoms with Gasteiger partial charge < -0.3 is 25.4 Å². The zero-order chi connectivity index (χ0) is 12.8. The number of hydrogen-bond donors (Lipinski definition) is 4. The Hall–Kier alpha value is -1.30. The van der Waals surface area contributed by atoms with Crippen LogP contribution in [-0.4, -0.2) is 41.7 Å². The Morgan fingerprint density at radius 1 is 1.29 bits per heavy atom. The summed E-state index contributed by atoms with van der Waals surface area (Å²) in [6.07, 6.45) is 0. The van der Waals surface area contributed by atoms with Crippen molar-refractivity contribution in [2.75, 3.05) is 20.3 Å². The lowest BCUT2D eigenvalue weighted by atomic mass is 10.1. The summed E-state index contributed by atoms with van der Waals surface area (Å²) in [6, 6.07) is 4.34. The number of ether oxygens (including phenoxy) is 1. The highest BCUT2D eigenvalue weighted by Gasteiger charge is 2.15. The third-order valence-corrected chi connectivity index (χ3v) is 2.63. The predicted molar refractivity (Wildman–Crippen MR) is 64.2 cm³/mol. The quantitative estimate of drug-likeness (QED) is 0.580. The molecule has 0 aromatic heterocycles. The summed E-state index contributed by atoms with van der Waals surface area (Å²) in [5, 5.41) is 30.7. The molecule has 0 heterocycles. The summed E-state index contributed by atoms with van der Waals surface area (Å²) in [6.45, 7) is 1.52. The Morgan fingerprint density at radius 2 is 1.94 bits per heavy atom. The molecule has 0 saturated heterocycles. The maximum Gasteiger partial charge on any atom is 0.120 e. The topological polar surface area (TPSA) is 82.0 Å². The van der Waals surface area contributed by atoms with E-state index in [4.69, 9.17) is 14.9 Å². The lowest BCUT2D eigenvalue weighted by molar-refractivity contribution is 0.163. The molecule has 1 unspecified atom stereocenters. The zero-order valence-electron chi connectivity index (χ0n) is 10.1. The molecule has 5 heteroatoms. The van der Waals surface area contributed by atoms with Crippen LogP contribution in [0.4, 0.5) is 0 Å². The van der Waals surface area contributed by atoms with E-state index in [0.717, 1.165) is 0 Å². The van der Waals surface area contributed by atoms with Gasteiger partial charge in [0.25, 0.3) is 0 Å². The van der Waals surface area contributed by atoms with E-state index in [-0.39, 0.29) is 25.0 Å². The van der Waals surface area contributed by atoms with Crippen LogP contribution in [0, 0.1) is 0 Å². The zero-order valence-corrected chi connectivity index (χ0v) is 10.1. The van der Waals surface area contributed by atoms with E-state index in [2.05, 4.69) is 5.32 Å². The van der Waals surface area contributed by atoms with Gasteiger partial charge in [-0.3, -0.25) is 0 Å². The molecule has 1 aromatic carbocycles.